The van der Waals surface area contributed by atoms with Crippen molar-refractivity contribution >= 4 is 27.2 Å². The summed E-state index contributed by atoms with van der Waals surface area (Å²) < 4.78 is 1.24. The molecule has 0 fully saturated rings. The highest BCUT2D eigenvalue weighted by molar-refractivity contribution is 7.17. The molecule has 0 radical (unpaired) electrons. The minimum atomic E-state index is 0.563. The van der Waals surface area contributed by atoms with Gasteiger partial charge < -0.3 is 5.73 Å². The van der Waals surface area contributed by atoms with Gasteiger partial charge in [-0.3, -0.25) is 0 Å². The summed E-state index contributed by atoms with van der Waals surface area (Å²) in [6, 6.07) is 8.27. The molecule has 0 bridgehead atoms. The van der Waals surface area contributed by atoms with Gasteiger partial charge in [0.15, 0.2) is 5.82 Å². The molecule has 3 nitrogen and oxygen atoms in total. The van der Waals surface area contributed by atoms with Crippen molar-refractivity contribution in [2.45, 2.75) is 13.8 Å². The zero-order chi connectivity index (χ0) is 12.7. The van der Waals surface area contributed by atoms with Crippen molar-refractivity contribution in [1.29, 1.82) is 0 Å². The first-order chi connectivity index (χ1) is 8.66. The Morgan fingerprint density at radius 2 is 1.89 bits per heavy atom. The molecule has 2 heterocycles. The quantitative estimate of drug-likeness (QED) is 0.723. The summed E-state index contributed by atoms with van der Waals surface area (Å²) in [6.07, 6.45) is 0. The fourth-order valence-electron chi connectivity index (χ4n) is 1.92. The van der Waals surface area contributed by atoms with Crippen LogP contribution in [0, 0.1) is 13.8 Å². The second-order valence-electron chi connectivity index (χ2n) is 4.29. The van der Waals surface area contributed by atoms with E-state index in [1.165, 1.54) is 10.1 Å². The first kappa shape index (κ1) is 11.2. The topological polar surface area (TPSA) is 51.8 Å². The molecule has 2 N–H and O–H groups in total. The van der Waals surface area contributed by atoms with Crippen molar-refractivity contribution in [2.24, 2.45) is 0 Å². The number of nitrogens with two attached hydrogens (primary N) is 1. The van der Waals surface area contributed by atoms with Gasteiger partial charge in [0.2, 0.25) is 0 Å². The van der Waals surface area contributed by atoms with E-state index in [0.717, 1.165) is 16.8 Å². The summed E-state index contributed by atoms with van der Waals surface area (Å²) in [5.41, 5.74) is 8.88. The van der Waals surface area contributed by atoms with Crippen LogP contribution >= 0.6 is 11.3 Å². The van der Waals surface area contributed by atoms with E-state index in [0.29, 0.717) is 11.6 Å². The number of hydrogen-bond donors (Lipinski definition) is 1. The van der Waals surface area contributed by atoms with Crippen LogP contribution in [0.1, 0.15) is 11.3 Å². The van der Waals surface area contributed by atoms with E-state index >= 15 is 0 Å². The first-order valence-corrected chi connectivity index (χ1v) is 6.62. The number of thiophene rings is 1. The van der Waals surface area contributed by atoms with Crippen molar-refractivity contribution < 1.29 is 0 Å². The summed E-state index contributed by atoms with van der Waals surface area (Å²) in [5.74, 6) is 1.28. The molecule has 0 amide bonds. The van der Waals surface area contributed by atoms with Crippen molar-refractivity contribution in [3.05, 3.63) is 40.9 Å². The molecule has 0 aliphatic carbocycles. The van der Waals surface area contributed by atoms with Crippen LogP contribution in [0.4, 0.5) is 5.82 Å². The number of fused-ring (bicyclic) bond motifs is 1. The normalized spacial score (nSPS) is 11.0. The molecule has 0 spiro atoms. The molecule has 0 atom stereocenters. The highest BCUT2D eigenvalue weighted by Gasteiger charge is 2.11. The van der Waals surface area contributed by atoms with Crippen LogP contribution in [0.5, 0.6) is 0 Å². The maximum atomic E-state index is 5.92. The molecule has 4 heteroatoms. The van der Waals surface area contributed by atoms with Crippen LogP contribution in [-0.4, -0.2) is 9.97 Å². The average Bonchev–Trinajstić information content (AvgIpc) is 2.79. The van der Waals surface area contributed by atoms with E-state index in [-0.39, 0.29) is 0 Å². The van der Waals surface area contributed by atoms with Crippen LogP contribution in [0.2, 0.25) is 0 Å². The largest absolute Gasteiger partial charge is 0.383 e. The molecule has 0 saturated heterocycles. The lowest BCUT2D eigenvalue weighted by atomic mass is 10.1. The summed E-state index contributed by atoms with van der Waals surface area (Å²) >= 11 is 1.70. The molecule has 0 unspecified atom stereocenters. The number of hydrogen-bond acceptors (Lipinski definition) is 4. The second-order valence-corrected chi connectivity index (χ2v) is 5.20. The molecule has 1 aromatic carbocycles. The average molecular weight is 255 g/mol. The van der Waals surface area contributed by atoms with Crippen LogP contribution in [0.15, 0.2) is 29.6 Å². The van der Waals surface area contributed by atoms with Crippen LogP contribution in [0.3, 0.4) is 0 Å². The van der Waals surface area contributed by atoms with E-state index in [1.807, 2.05) is 26.0 Å². The predicted molar refractivity (Wildman–Crippen MR) is 76.7 cm³/mol. The van der Waals surface area contributed by atoms with Crippen molar-refractivity contribution in [3.8, 4) is 11.4 Å². The Labute approximate surface area is 109 Å². The SMILES string of the molecule is Cc1nc(-c2csc3ccccc23)nc(N)c1C. The maximum absolute atomic E-state index is 5.92. The molecule has 90 valence electrons. The third kappa shape index (κ3) is 1.66. The molecule has 3 aromatic rings. The fraction of sp³-hybridized carbons (Fsp3) is 0.143. The highest BCUT2D eigenvalue weighted by atomic mass is 32.1. The van der Waals surface area contributed by atoms with Crippen LogP contribution < -0.4 is 5.73 Å². The third-order valence-corrected chi connectivity index (χ3v) is 4.11. The van der Waals surface area contributed by atoms with Gasteiger partial charge in [-0.25, -0.2) is 9.97 Å². The maximum Gasteiger partial charge on any atom is 0.163 e. The lowest BCUT2D eigenvalue weighted by molar-refractivity contribution is 1.08. The zero-order valence-corrected chi connectivity index (χ0v) is 11.1. The zero-order valence-electron chi connectivity index (χ0n) is 10.3. The van der Waals surface area contributed by atoms with Crippen LogP contribution in [0.25, 0.3) is 21.5 Å². The van der Waals surface area contributed by atoms with Crippen molar-refractivity contribution in [1.82, 2.24) is 9.97 Å². The Morgan fingerprint density at radius 3 is 2.67 bits per heavy atom. The Bertz CT molecular complexity index is 708. The number of nitrogens with zero attached hydrogens (tertiary/aromatic N) is 2. The Balaban J connectivity index is 2.26. The Kier molecular flexibility index (Phi) is 2.52. The predicted octanol–water partition coefficient (Wildman–Crippen LogP) is 3.56. The minimum absolute atomic E-state index is 0.563. The number of aryl methyl sites for hydroxylation is 1. The van der Waals surface area contributed by atoms with Gasteiger partial charge in [-0.1, -0.05) is 18.2 Å². The van der Waals surface area contributed by atoms with Gasteiger partial charge in [0, 0.05) is 32.3 Å². The lowest BCUT2D eigenvalue weighted by Crippen LogP contribution is -2.01. The molecule has 0 saturated carbocycles. The monoisotopic (exact) mass is 255 g/mol. The molecule has 2 aromatic heterocycles. The van der Waals surface area contributed by atoms with Gasteiger partial charge >= 0.3 is 0 Å². The number of nitrogen functional groups attached to an aromatic ring is 1. The van der Waals surface area contributed by atoms with Gasteiger partial charge in [0.25, 0.3) is 0 Å². The highest BCUT2D eigenvalue weighted by Crippen LogP contribution is 2.32. The summed E-state index contributed by atoms with van der Waals surface area (Å²) in [4.78, 5) is 8.94. The Morgan fingerprint density at radius 1 is 1.11 bits per heavy atom. The molecule has 18 heavy (non-hydrogen) atoms. The molecule has 0 aliphatic heterocycles. The number of benzene rings is 1. The molecule has 0 aliphatic rings. The standard InChI is InChI=1S/C14H13N3S/c1-8-9(2)16-14(17-13(8)15)11-7-18-12-6-4-3-5-10(11)12/h3-7H,1-2H3,(H2,15,16,17). The number of aromatic nitrogens is 2. The van der Waals surface area contributed by atoms with Crippen LogP contribution in [-0.2, 0) is 0 Å². The third-order valence-electron chi connectivity index (χ3n) is 3.15. The van der Waals surface area contributed by atoms with E-state index in [2.05, 4.69) is 27.5 Å². The fourth-order valence-corrected chi connectivity index (χ4v) is 2.86. The first-order valence-electron chi connectivity index (χ1n) is 5.74. The van der Waals surface area contributed by atoms with Gasteiger partial charge in [-0.15, -0.1) is 11.3 Å². The number of rotatable bonds is 1. The smallest absolute Gasteiger partial charge is 0.163 e. The summed E-state index contributed by atoms with van der Waals surface area (Å²) in [5, 5.41) is 3.28. The van der Waals surface area contributed by atoms with Gasteiger partial charge in [0.05, 0.1) is 0 Å². The molecule has 3 rings (SSSR count). The Hall–Kier alpha value is -1.94. The van der Waals surface area contributed by atoms with Gasteiger partial charge in [-0.05, 0) is 19.9 Å². The van der Waals surface area contributed by atoms with Crippen molar-refractivity contribution in [2.75, 3.05) is 5.73 Å². The van der Waals surface area contributed by atoms with E-state index in [4.69, 9.17) is 5.73 Å². The summed E-state index contributed by atoms with van der Waals surface area (Å²) in [7, 11) is 0. The molecular formula is C14H13N3S. The molecular weight excluding hydrogens is 242 g/mol. The summed E-state index contributed by atoms with van der Waals surface area (Å²) in [6.45, 7) is 3.91. The number of anilines is 1. The van der Waals surface area contributed by atoms with E-state index in [9.17, 15) is 0 Å². The lowest BCUT2D eigenvalue weighted by Gasteiger charge is -2.06. The minimum Gasteiger partial charge on any atom is -0.383 e. The van der Waals surface area contributed by atoms with E-state index in [1.54, 1.807) is 11.3 Å². The van der Waals surface area contributed by atoms with Gasteiger partial charge in [0.1, 0.15) is 5.82 Å². The van der Waals surface area contributed by atoms with Crippen molar-refractivity contribution in [3.63, 3.8) is 0 Å². The second kappa shape index (κ2) is 4.07. The van der Waals surface area contributed by atoms with Gasteiger partial charge in [-0.2, -0.15) is 0 Å². The van der Waals surface area contributed by atoms with E-state index < -0.39 is 0 Å².